The highest BCUT2D eigenvalue weighted by molar-refractivity contribution is 9.10. The molecule has 0 saturated carbocycles. The van der Waals surface area contributed by atoms with Gasteiger partial charge in [0.15, 0.2) is 0 Å². The Morgan fingerprint density at radius 3 is 2.38 bits per heavy atom. The van der Waals surface area contributed by atoms with Gasteiger partial charge in [-0.3, -0.25) is 9.36 Å². The van der Waals surface area contributed by atoms with Gasteiger partial charge in [-0.15, -0.1) is 0 Å². The van der Waals surface area contributed by atoms with E-state index in [0.29, 0.717) is 34.9 Å². The number of fused-ring (bicyclic) bond motifs is 1. The Balaban J connectivity index is 1.40. The molecule has 3 aromatic carbocycles. The van der Waals surface area contributed by atoms with Crippen LogP contribution in [-0.2, 0) is 6.54 Å². The van der Waals surface area contributed by atoms with E-state index in [4.69, 9.17) is 21.3 Å². The third kappa shape index (κ3) is 5.59. The van der Waals surface area contributed by atoms with E-state index in [1.165, 1.54) is 0 Å². The molecule has 0 aliphatic heterocycles. The van der Waals surface area contributed by atoms with Crippen molar-refractivity contribution < 1.29 is 4.74 Å². The normalized spacial score (nSPS) is 11.1. The molecule has 0 fully saturated rings. The highest BCUT2D eigenvalue weighted by atomic mass is 79.9. The summed E-state index contributed by atoms with van der Waals surface area (Å²) in [4.78, 5) is 18.0. The van der Waals surface area contributed by atoms with Gasteiger partial charge in [-0.2, -0.15) is 0 Å². The number of benzene rings is 3. The Morgan fingerprint density at radius 2 is 1.59 bits per heavy atom. The van der Waals surface area contributed by atoms with Crippen LogP contribution in [-0.4, -0.2) is 16.2 Å². The van der Waals surface area contributed by atoms with Gasteiger partial charge in [0.25, 0.3) is 5.56 Å². The van der Waals surface area contributed by atoms with Crippen molar-refractivity contribution in [2.24, 2.45) is 0 Å². The van der Waals surface area contributed by atoms with E-state index in [9.17, 15) is 4.79 Å². The molecule has 0 bridgehead atoms. The van der Waals surface area contributed by atoms with Gasteiger partial charge in [0, 0.05) is 21.6 Å². The second kappa shape index (κ2) is 10.8. The molecule has 164 valence electrons. The van der Waals surface area contributed by atoms with Crippen LogP contribution in [0.3, 0.4) is 0 Å². The van der Waals surface area contributed by atoms with Crippen LogP contribution in [0.25, 0.3) is 22.3 Å². The van der Waals surface area contributed by atoms with Crippen LogP contribution in [0, 0.1) is 0 Å². The van der Waals surface area contributed by atoms with Crippen LogP contribution < -0.4 is 10.3 Å². The molecule has 0 spiro atoms. The molecule has 0 atom stereocenters. The molecule has 32 heavy (non-hydrogen) atoms. The molecule has 0 saturated heterocycles. The topological polar surface area (TPSA) is 44.1 Å². The summed E-state index contributed by atoms with van der Waals surface area (Å²) in [5.41, 5.74) is 1.60. The van der Waals surface area contributed by atoms with E-state index in [1.807, 2.05) is 72.8 Å². The summed E-state index contributed by atoms with van der Waals surface area (Å²) in [6.07, 6.45) is 3.94. The van der Waals surface area contributed by atoms with Crippen molar-refractivity contribution in [1.29, 1.82) is 0 Å². The number of rotatable bonds is 9. The number of unbranched alkanes of at least 4 members (excludes halogenated alkanes) is 3. The number of hydrogen-bond donors (Lipinski definition) is 0. The van der Waals surface area contributed by atoms with Gasteiger partial charge in [0.1, 0.15) is 11.6 Å². The fourth-order valence-corrected chi connectivity index (χ4v) is 4.03. The zero-order valence-electron chi connectivity index (χ0n) is 17.6. The maximum atomic E-state index is 13.2. The molecule has 0 N–H and O–H groups in total. The van der Waals surface area contributed by atoms with Crippen LogP contribution in [0.15, 0.2) is 82.1 Å². The zero-order chi connectivity index (χ0) is 22.3. The van der Waals surface area contributed by atoms with Crippen molar-refractivity contribution in [1.82, 2.24) is 9.55 Å². The summed E-state index contributed by atoms with van der Waals surface area (Å²) < 4.78 is 8.62. The molecule has 0 aliphatic rings. The van der Waals surface area contributed by atoms with E-state index < -0.39 is 0 Å². The third-order valence-corrected chi connectivity index (χ3v) is 6.10. The van der Waals surface area contributed by atoms with E-state index in [0.717, 1.165) is 41.5 Å². The van der Waals surface area contributed by atoms with Gasteiger partial charge in [0.05, 0.1) is 17.5 Å². The second-order valence-corrected chi connectivity index (χ2v) is 8.98. The second-order valence-electron chi connectivity index (χ2n) is 7.63. The summed E-state index contributed by atoms with van der Waals surface area (Å²) in [7, 11) is 0. The highest BCUT2D eigenvalue weighted by Crippen LogP contribution is 2.22. The quantitative estimate of drug-likeness (QED) is 0.225. The lowest BCUT2D eigenvalue weighted by Crippen LogP contribution is -2.23. The summed E-state index contributed by atoms with van der Waals surface area (Å²) in [6, 6.07) is 22.9. The molecular formula is C26H24BrClN2O2. The van der Waals surface area contributed by atoms with Crippen molar-refractivity contribution in [3.63, 3.8) is 0 Å². The lowest BCUT2D eigenvalue weighted by molar-refractivity contribution is 0.304. The van der Waals surface area contributed by atoms with E-state index in [2.05, 4.69) is 15.9 Å². The third-order valence-electron chi connectivity index (χ3n) is 5.32. The van der Waals surface area contributed by atoms with Crippen LogP contribution in [0.1, 0.15) is 25.7 Å². The van der Waals surface area contributed by atoms with Crippen molar-refractivity contribution in [2.75, 3.05) is 6.61 Å². The number of ether oxygens (including phenoxy) is 1. The molecule has 4 rings (SSSR count). The number of nitrogens with zero attached hydrogens (tertiary/aromatic N) is 2. The number of aromatic nitrogens is 2. The fraction of sp³-hybridized carbons (Fsp3) is 0.231. The average Bonchev–Trinajstić information content (AvgIpc) is 2.81. The first-order valence-electron chi connectivity index (χ1n) is 10.8. The molecule has 1 aromatic heterocycles. The Labute approximate surface area is 201 Å². The molecular weight excluding hydrogens is 488 g/mol. The molecule has 6 heteroatoms. The molecule has 0 amide bonds. The van der Waals surface area contributed by atoms with Gasteiger partial charge in [-0.25, -0.2) is 4.98 Å². The Hall–Kier alpha value is -2.63. The Bertz CT molecular complexity index is 1240. The van der Waals surface area contributed by atoms with Crippen LogP contribution in [0.2, 0.25) is 5.02 Å². The lowest BCUT2D eigenvalue weighted by atomic mass is 10.1. The summed E-state index contributed by atoms with van der Waals surface area (Å²) in [6.45, 7) is 1.32. The summed E-state index contributed by atoms with van der Waals surface area (Å²) in [5, 5.41) is 1.31. The van der Waals surface area contributed by atoms with Gasteiger partial charge in [-0.1, -0.05) is 52.5 Å². The van der Waals surface area contributed by atoms with Gasteiger partial charge in [-0.05, 0) is 73.5 Å². The predicted molar refractivity (Wildman–Crippen MR) is 135 cm³/mol. The highest BCUT2D eigenvalue weighted by Gasteiger charge is 2.12. The first kappa shape index (κ1) is 22.6. The number of para-hydroxylation sites is 1. The van der Waals surface area contributed by atoms with Gasteiger partial charge < -0.3 is 4.74 Å². The summed E-state index contributed by atoms with van der Waals surface area (Å²) in [5.74, 6) is 1.57. The molecule has 0 unspecified atom stereocenters. The fourth-order valence-electron chi connectivity index (χ4n) is 3.64. The minimum absolute atomic E-state index is 0.000813. The maximum absolute atomic E-state index is 13.2. The van der Waals surface area contributed by atoms with Crippen molar-refractivity contribution >= 4 is 38.4 Å². The van der Waals surface area contributed by atoms with Crippen LogP contribution in [0.4, 0.5) is 0 Å². The standard InChI is InChI=1S/C26H24BrClN2O2/c27-20-11-15-22(16-12-20)32-18-6-2-1-5-17-30-25(19-9-13-21(28)14-10-19)29-24-8-4-3-7-23(24)26(30)31/h3-4,7-16H,1-2,5-6,17-18H2. The minimum atomic E-state index is -0.000813. The number of halogens is 2. The number of hydrogen-bond acceptors (Lipinski definition) is 3. The maximum Gasteiger partial charge on any atom is 0.261 e. The smallest absolute Gasteiger partial charge is 0.261 e. The molecule has 0 radical (unpaired) electrons. The van der Waals surface area contributed by atoms with E-state index in [-0.39, 0.29) is 5.56 Å². The molecule has 0 aliphatic carbocycles. The van der Waals surface area contributed by atoms with E-state index >= 15 is 0 Å². The lowest BCUT2D eigenvalue weighted by Gasteiger charge is -2.14. The Morgan fingerprint density at radius 1 is 0.875 bits per heavy atom. The Kier molecular flexibility index (Phi) is 7.61. The SMILES string of the molecule is O=c1c2ccccc2nc(-c2ccc(Cl)cc2)n1CCCCCCOc1ccc(Br)cc1. The monoisotopic (exact) mass is 510 g/mol. The van der Waals surface area contributed by atoms with Crippen LogP contribution in [0.5, 0.6) is 5.75 Å². The summed E-state index contributed by atoms with van der Waals surface area (Å²) >= 11 is 9.48. The van der Waals surface area contributed by atoms with Crippen molar-refractivity contribution in [2.45, 2.75) is 32.2 Å². The van der Waals surface area contributed by atoms with E-state index in [1.54, 1.807) is 4.57 Å². The van der Waals surface area contributed by atoms with Crippen LogP contribution >= 0.6 is 27.5 Å². The predicted octanol–water partition coefficient (Wildman–Crippen LogP) is 7.12. The molecule has 4 nitrogen and oxygen atoms in total. The zero-order valence-corrected chi connectivity index (χ0v) is 20.0. The molecule has 4 aromatic rings. The van der Waals surface area contributed by atoms with Gasteiger partial charge in [0.2, 0.25) is 0 Å². The first-order valence-corrected chi connectivity index (χ1v) is 11.9. The molecule has 1 heterocycles. The van der Waals surface area contributed by atoms with Crippen molar-refractivity contribution in [3.8, 4) is 17.1 Å². The first-order chi connectivity index (χ1) is 15.6. The average molecular weight is 512 g/mol. The van der Waals surface area contributed by atoms with Gasteiger partial charge >= 0.3 is 0 Å². The van der Waals surface area contributed by atoms with Crippen molar-refractivity contribution in [3.05, 3.63) is 92.6 Å². The largest absolute Gasteiger partial charge is 0.494 e. The minimum Gasteiger partial charge on any atom is -0.494 e.